The van der Waals surface area contributed by atoms with Crippen molar-refractivity contribution in [1.29, 1.82) is 0 Å². The van der Waals surface area contributed by atoms with Crippen molar-refractivity contribution in [3.8, 4) is 0 Å². The lowest BCUT2D eigenvalue weighted by molar-refractivity contribution is -0.134. The lowest BCUT2D eigenvalue weighted by Crippen LogP contribution is -2.38. The summed E-state index contributed by atoms with van der Waals surface area (Å²) in [6.07, 6.45) is 0.784. The van der Waals surface area contributed by atoms with Gasteiger partial charge in [-0.05, 0) is 36.2 Å². The molecule has 0 aromatic heterocycles. The van der Waals surface area contributed by atoms with Gasteiger partial charge >= 0.3 is 11.8 Å². The Labute approximate surface area is 130 Å². The number of rotatable bonds is 1. The van der Waals surface area contributed by atoms with Crippen molar-refractivity contribution in [3.63, 3.8) is 0 Å². The molecule has 0 bridgehead atoms. The van der Waals surface area contributed by atoms with E-state index in [4.69, 9.17) is 0 Å². The number of hydrogen-bond acceptors (Lipinski definition) is 2. The molecule has 0 radical (unpaired) electrons. The van der Waals surface area contributed by atoms with E-state index in [1.807, 2.05) is 30.3 Å². The summed E-state index contributed by atoms with van der Waals surface area (Å²) < 4.78 is 0.847. The standard InChI is InChI=1S/C16H13BrN2O2/c17-12-5-3-6-13(10-12)18-15(20)16(21)19-9-8-11-4-1-2-7-14(11)19/h1-7,10H,8-9H2,(H,18,20). The molecule has 0 saturated heterocycles. The highest BCUT2D eigenvalue weighted by atomic mass is 79.9. The van der Waals surface area contributed by atoms with E-state index >= 15 is 0 Å². The number of halogens is 1. The van der Waals surface area contributed by atoms with E-state index in [1.165, 1.54) is 4.90 Å². The lowest BCUT2D eigenvalue weighted by Gasteiger charge is -2.16. The minimum absolute atomic E-state index is 0.528. The molecule has 1 N–H and O–H groups in total. The minimum Gasteiger partial charge on any atom is -0.318 e. The van der Waals surface area contributed by atoms with Crippen LogP contribution in [0.2, 0.25) is 0 Å². The first-order valence-corrected chi connectivity index (χ1v) is 7.41. The second kappa shape index (κ2) is 5.69. The van der Waals surface area contributed by atoms with Gasteiger partial charge in [0.25, 0.3) is 0 Å². The number of benzene rings is 2. The van der Waals surface area contributed by atoms with E-state index in [2.05, 4.69) is 21.2 Å². The molecule has 106 valence electrons. The van der Waals surface area contributed by atoms with Gasteiger partial charge in [0.1, 0.15) is 0 Å². The predicted octanol–water partition coefficient (Wildman–Crippen LogP) is 2.98. The third-order valence-electron chi connectivity index (χ3n) is 3.41. The van der Waals surface area contributed by atoms with Crippen LogP contribution in [0, 0.1) is 0 Å². The Hall–Kier alpha value is -2.14. The molecule has 0 unspecified atom stereocenters. The Balaban J connectivity index is 1.76. The summed E-state index contributed by atoms with van der Waals surface area (Å²) in [6.45, 7) is 0.546. The molecule has 2 aromatic carbocycles. The fraction of sp³-hybridized carbons (Fsp3) is 0.125. The first-order valence-electron chi connectivity index (χ1n) is 6.61. The molecule has 0 spiro atoms. The summed E-state index contributed by atoms with van der Waals surface area (Å²) in [6, 6.07) is 14.8. The number of carbonyl (C=O) groups is 2. The first kappa shape index (κ1) is 13.8. The third kappa shape index (κ3) is 2.83. The van der Waals surface area contributed by atoms with Gasteiger partial charge in [-0.1, -0.05) is 40.2 Å². The molecule has 0 aliphatic carbocycles. The Morgan fingerprint density at radius 2 is 1.90 bits per heavy atom. The zero-order valence-corrected chi connectivity index (χ0v) is 12.8. The molecule has 1 aliphatic rings. The van der Waals surface area contributed by atoms with Crippen molar-refractivity contribution in [2.24, 2.45) is 0 Å². The maximum atomic E-state index is 12.3. The van der Waals surface area contributed by atoms with Crippen molar-refractivity contribution in [1.82, 2.24) is 0 Å². The van der Waals surface area contributed by atoms with Crippen LogP contribution >= 0.6 is 15.9 Å². The third-order valence-corrected chi connectivity index (χ3v) is 3.90. The number of nitrogens with zero attached hydrogens (tertiary/aromatic N) is 1. The monoisotopic (exact) mass is 344 g/mol. The quantitative estimate of drug-likeness (QED) is 0.808. The van der Waals surface area contributed by atoms with Crippen LogP contribution in [0.3, 0.4) is 0 Å². The molecular weight excluding hydrogens is 332 g/mol. The molecule has 5 heteroatoms. The summed E-state index contributed by atoms with van der Waals surface area (Å²) in [5.74, 6) is -1.15. The first-order chi connectivity index (χ1) is 10.1. The Morgan fingerprint density at radius 3 is 2.71 bits per heavy atom. The summed E-state index contributed by atoms with van der Waals surface area (Å²) >= 11 is 3.33. The highest BCUT2D eigenvalue weighted by Gasteiger charge is 2.28. The fourth-order valence-electron chi connectivity index (χ4n) is 2.42. The van der Waals surface area contributed by atoms with Gasteiger partial charge in [0.2, 0.25) is 0 Å². The van der Waals surface area contributed by atoms with Gasteiger partial charge in [-0.25, -0.2) is 0 Å². The van der Waals surface area contributed by atoms with Crippen LogP contribution < -0.4 is 10.2 Å². The Morgan fingerprint density at radius 1 is 1.10 bits per heavy atom. The molecule has 3 rings (SSSR count). The number of amides is 2. The van der Waals surface area contributed by atoms with Gasteiger partial charge in [-0.3, -0.25) is 9.59 Å². The van der Waals surface area contributed by atoms with Crippen LogP contribution in [0.25, 0.3) is 0 Å². The number of hydrogen-bond donors (Lipinski definition) is 1. The van der Waals surface area contributed by atoms with E-state index in [9.17, 15) is 9.59 Å². The minimum atomic E-state index is -0.621. The number of nitrogens with one attached hydrogen (secondary N) is 1. The lowest BCUT2D eigenvalue weighted by atomic mass is 10.2. The number of anilines is 2. The van der Waals surface area contributed by atoms with Crippen molar-refractivity contribution in [2.45, 2.75) is 6.42 Å². The van der Waals surface area contributed by atoms with Crippen molar-refractivity contribution < 1.29 is 9.59 Å². The number of para-hydroxylation sites is 1. The largest absolute Gasteiger partial charge is 0.318 e. The van der Waals surface area contributed by atoms with Crippen LogP contribution in [-0.4, -0.2) is 18.4 Å². The van der Waals surface area contributed by atoms with Crippen LogP contribution in [-0.2, 0) is 16.0 Å². The van der Waals surface area contributed by atoms with Crippen LogP contribution in [0.15, 0.2) is 53.0 Å². The molecule has 21 heavy (non-hydrogen) atoms. The van der Waals surface area contributed by atoms with Crippen LogP contribution in [0.5, 0.6) is 0 Å². The molecule has 4 nitrogen and oxygen atoms in total. The molecule has 2 amide bonds. The Kier molecular flexibility index (Phi) is 3.75. The SMILES string of the molecule is O=C(Nc1cccc(Br)c1)C(=O)N1CCc2ccccc21. The van der Waals surface area contributed by atoms with E-state index < -0.39 is 11.8 Å². The average Bonchev–Trinajstić information content (AvgIpc) is 2.90. The summed E-state index contributed by atoms with van der Waals surface area (Å²) in [5, 5.41) is 2.63. The van der Waals surface area contributed by atoms with E-state index in [1.54, 1.807) is 18.2 Å². The van der Waals surface area contributed by atoms with Crippen LogP contribution in [0.4, 0.5) is 11.4 Å². The molecule has 0 fully saturated rings. The van der Waals surface area contributed by atoms with Crippen molar-refractivity contribution >= 4 is 39.1 Å². The summed E-state index contributed by atoms with van der Waals surface area (Å²) in [5.41, 5.74) is 2.52. The van der Waals surface area contributed by atoms with Gasteiger partial charge in [0, 0.05) is 22.4 Å². The maximum Gasteiger partial charge on any atom is 0.316 e. The normalized spacial score (nSPS) is 12.9. The molecule has 0 saturated carbocycles. The van der Waals surface area contributed by atoms with E-state index in [-0.39, 0.29) is 0 Å². The summed E-state index contributed by atoms with van der Waals surface area (Å²) in [7, 11) is 0. The van der Waals surface area contributed by atoms with Crippen molar-refractivity contribution in [3.05, 3.63) is 58.6 Å². The molecule has 1 heterocycles. The molecule has 2 aromatic rings. The van der Waals surface area contributed by atoms with E-state index in [0.717, 1.165) is 22.1 Å². The highest BCUT2D eigenvalue weighted by molar-refractivity contribution is 9.10. The van der Waals surface area contributed by atoms with Crippen molar-refractivity contribution in [2.75, 3.05) is 16.8 Å². The van der Waals surface area contributed by atoms with Gasteiger partial charge in [0.15, 0.2) is 0 Å². The zero-order valence-electron chi connectivity index (χ0n) is 11.2. The Bertz CT molecular complexity index is 715. The highest BCUT2D eigenvalue weighted by Crippen LogP contribution is 2.27. The average molecular weight is 345 g/mol. The number of fused-ring (bicyclic) bond motifs is 1. The van der Waals surface area contributed by atoms with Gasteiger partial charge in [-0.2, -0.15) is 0 Å². The molecule has 1 aliphatic heterocycles. The second-order valence-corrected chi connectivity index (χ2v) is 5.72. The molecule has 0 atom stereocenters. The predicted molar refractivity (Wildman–Crippen MR) is 85.3 cm³/mol. The van der Waals surface area contributed by atoms with Gasteiger partial charge < -0.3 is 10.2 Å². The maximum absolute atomic E-state index is 12.3. The number of carbonyl (C=O) groups excluding carboxylic acids is 2. The second-order valence-electron chi connectivity index (χ2n) is 4.80. The smallest absolute Gasteiger partial charge is 0.316 e. The summed E-state index contributed by atoms with van der Waals surface area (Å²) in [4.78, 5) is 25.9. The zero-order chi connectivity index (χ0) is 14.8. The topological polar surface area (TPSA) is 49.4 Å². The fourth-order valence-corrected chi connectivity index (χ4v) is 2.82. The van der Waals surface area contributed by atoms with Crippen LogP contribution in [0.1, 0.15) is 5.56 Å². The van der Waals surface area contributed by atoms with Gasteiger partial charge in [0.05, 0.1) is 0 Å². The van der Waals surface area contributed by atoms with Gasteiger partial charge in [-0.15, -0.1) is 0 Å². The van der Waals surface area contributed by atoms with E-state index in [0.29, 0.717) is 12.2 Å². The molecular formula is C16H13BrN2O2.